The minimum atomic E-state index is -4.38. The van der Waals surface area contributed by atoms with E-state index in [9.17, 15) is 18.0 Å². The summed E-state index contributed by atoms with van der Waals surface area (Å²) < 4.78 is 44.1. The third-order valence-corrected chi connectivity index (χ3v) is 6.56. The zero-order valence-electron chi connectivity index (χ0n) is 18.7. The number of methoxy groups -OCH3 is 1. The summed E-state index contributed by atoms with van der Waals surface area (Å²) in [5.41, 5.74) is 2.16. The Morgan fingerprint density at radius 1 is 1.03 bits per heavy atom. The van der Waals surface area contributed by atoms with Gasteiger partial charge in [0, 0.05) is 18.7 Å². The summed E-state index contributed by atoms with van der Waals surface area (Å²) in [6.45, 7) is 3.39. The largest absolute Gasteiger partial charge is 0.496 e. The van der Waals surface area contributed by atoms with Gasteiger partial charge in [-0.3, -0.25) is 4.79 Å². The molecule has 2 aromatic carbocycles. The van der Waals surface area contributed by atoms with E-state index in [1.54, 1.807) is 7.11 Å². The zero-order chi connectivity index (χ0) is 22.7. The van der Waals surface area contributed by atoms with Crippen molar-refractivity contribution in [1.82, 2.24) is 9.80 Å². The van der Waals surface area contributed by atoms with Gasteiger partial charge in [0.15, 0.2) is 0 Å². The lowest BCUT2D eigenvalue weighted by Gasteiger charge is -2.41. The average Bonchev–Trinajstić information content (AvgIpc) is 2.79. The third-order valence-electron chi connectivity index (χ3n) is 6.56. The molecule has 180 valence electrons. The van der Waals surface area contributed by atoms with E-state index in [1.165, 1.54) is 18.6 Å². The van der Waals surface area contributed by atoms with Crippen molar-refractivity contribution < 1.29 is 22.7 Å². The lowest BCUT2D eigenvalue weighted by molar-refractivity contribution is -0.137. The van der Waals surface area contributed by atoms with Crippen LogP contribution in [0, 0.1) is 0 Å². The molecule has 2 heterocycles. The molecule has 0 N–H and O–H groups in total. The van der Waals surface area contributed by atoms with Gasteiger partial charge in [-0.2, -0.15) is 13.2 Å². The summed E-state index contributed by atoms with van der Waals surface area (Å²) in [5.74, 6) is 0.793. The first-order chi connectivity index (χ1) is 15.4. The summed E-state index contributed by atoms with van der Waals surface area (Å²) in [4.78, 5) is 17.6. The van der Waals surface area contributed by atoms with E-state index in [1.807, 2.05) is 17.0 Å². The molecule has 4 nitrogen and oxygen atoms in total. The van der Waals surface area contributed by atoms with Crippen LogP contribution < -0.4 is 4.74 Å². The van der Waals surface area contributed by atoms with Crippen LogP contribution in [0.3, 0.4) is 0 Å². The van der Waals surface area contributed by atoms with Crippen molar-refractivity contribution in [3.8, 4) is 5.75 Å². The Balaban J connectivity index is 0.00000306. The molecular weight excluding hydrogens is 453 g/mol. The second kappa shape index (κ2) is 10.8. The van der Waals surface area contributed by atoms with Gasteiger partial charge in [0.2, 0.25) is 5.91 Å². The van der Waals surface area contributed by atoms with Crippen molar-refractivity contribution in [2.24, 2.45) is 0 Å². The van der Waals surface area contributed by atoms with Crippen LogP contribution in [0.15, 0.2) is 42.5 Å². The maximum Gasteiger partial charge on any atom is 0.416 e. The van der Waals surface area contributed by atoms with Gasteiger partial charge in [0.1, 0.15) is 5.75 Å². The van der Waals surface area contributed by atoms with Crippen LogP contribution in [0.4, 0.5) is 13.2 Å². The predicted octanol–water partition coefficient (Wildman–Crippen LogP) is 5.29. The van der Waals surface area contributed by atoms with Crippen molar-refractivity contribution in [1.29, 1.82) is 0 Å². The van der Waals surface area contributed by atoms with E-state index < -0.39 is 11.7 Å². The Kier molecular flexibility index (Phi) is 8.29. The molecule has 2 aliphatic rings. The van der Waals surface area contributed by atoms with Crippen molar-refractivity contribution in [3.63, 3.8) is 0 Å². The lowest BCUT2D eigenvalue weighted by Crippen LogP contribution is -2.46. The number of carbonyl (C=O) groups is 1. The molecule has 0 aliphatic carbocycles. The molecule has 8 heteroatoms. The van der Waals surface area contributed by atoms with Crippen LogP contribution in [0.1, 0.15) is 47.6 Å². The van der Waals surface area contributed by atoms with Crippen LogP contribution in [0.25, 0.3) is 0 Å². The van der Waals surface area contributed by atoms with E-state index in [0.29, 0.717) is 18.5 Å². The molecule has 0 saturated carbocycles. The normalized spacial score (nSPS) is 18.9. The average molecular weight is 483 g/mol. The number of fused-ring (bicyclic) bond motifs is 1. The second-order valence-electron chi connectivity index (χ2n) is 8.61. The first kappa shape index (κ1) is 25.4. The fourth-order valence-corrected chi connectivity index (χ4v) is 4.88. The summed E-state index contributed by atoms with van der Waals surface area (Å²) in [6.07, 6.45) is -0.0171. The highest BCUT2D eigenvalue weighted by Crippen LogP contribution is 2.36. The molecule has 1 unspecified atom stereocenters. The number of hydrogen-bond acceptors (Lipinski definition) is 3. The fourth-order valence-electron chi connectivity index (χ4n) is 4.88. The van der Waals surface area contributed by atoms with E-state index in [-0.39, 0.29) is 30.8 Å². The van der Waals surface area contributed by atoms with Gasteiger partial charge in [0.25, 0.3) is 0 Å². The first-order valence-corrected chi connectivity index (χ1v) is 11.2. The Morgan fingerprint density at radius 2 is 1.73 bits per heavy atom. The Morgan fingerprint density at radius 3 is 2.36 bits per heavy atom. The zero-order valence-corrected chi connectivity index (χ0v) is 19.6. The highest BCUT2D eigenvalue weighted by atomic mass is 35.5. The fraction of sp³-hybridized carbons (Fsp3) is 0.480. The second-order valence-corrected chi connectivity index (χ2v) is 8.61. The van der Waals surface area contributed by atoms with Crippen LogP contribution >= 0.6 is 12.4 Å². The van der Waals surface area contributed by atoms with Gasteiger partial charge in [0.05, 0.1) is 25.1 Å². The van der Waals surface area contributed by atoms with Crippen LogP contribution in [-0.2, 0) is 23.8 Å². The Bertz CT molecular complexity index is 944. The van der Waals surface area contributed by atoms with E-state index in [0.717, 1.165) is 61.5 Å². The molecule has 0 bridgehead atoms. The molecule has 1 atom stereocenters. The molecule has 1 saturated heterocycles. The smallest absolute Gasteiger partial charge is 0.416 e. The number of nitrogens with zero attached hydrogens (tertiary/aromatic N) is 2. The van der Waals surface area contributed by atoms with Crippen LogP contribution in [0.5, 0.6) is 5.75 Å². The Hall–Kier alpha value is -2.25. The third kappa shape index (κ3) is 5.82. The Labute approximate surface area is 199 Å². The number of halogens is 4. The van der Waals surface area contributed by atoms with E-state index in [4.69, 9.17) is 4.74 Å². The molecular formula is C25H30ClF3N2O2. The number of rotatable bonds is 5. The van der Waals surface area contributed by atoms with Crippen molar-refractivity contribution in [2.75, 3.05) is 33.3 Å². The molecule has 0 spiro atoms. The molecule has 4 rings (SSSR count). The number of carbonyl (C=O) groups excluding carboxylic acids is 1. The van der Waals surface area contributed by atoms with Gasteiger partial charge in [-0.05, 0) is 61.7 Å². The maximum atomic E-state index is 13.3. The number of piperidine rings is 1. The predicted molar refractivity (Wildman–Crippen MR) is 124 cm³/mol. The molecule has 33 heavy (non-hydrogen) atoms. The number of alkyl halides is 3. The molecule has 1 amide bonds. The van der Waals surface area contributed by atoms with Crippen molar-refractivity contribution >= 4 is 18.3 Å². The minimum absolute atomic E-state index is 0. The van der Waals surface area contributed by atoms with E-state index >= 15 is 0 Å². The maximum absolute atomic E-state index is 13.3. The monoisotopic (exact) mass is 482 g/mol. The SMILES string of the molecule is COc1cccc2c1CCN(C(=O)Cc1ccc(C(F)(F)F)cc1)C2CN1CCCCC1.Cl. The molecule has 2 aromatic rings. The topological polar surface area (TPSA) is 32.8 Å². The number of benzene rings is 2. The number of ether oxygens (including phenoxy) is 1. The quantitative estimate of drug-likeness (QED) is 0.580. The van der Waals surface area contributed by atoms with Gasteiger partial charge in [-0.1, -0.05) is 30.7 Å². The molecule has 0 radical (unpaired) electrons. The van der Waals surface area contributed by atoms with E-state index in [2.05, 4.69) is 11.0 Å². The number of amides is 1. The molecule has 0 aromatic heterocycles. The van der Waals surface area contributed by atoms with Gasteiger partial charge in [-0.15, -0.1) is 12.4 Å². The minimum Gasteiger partial charge on any atom is -0.496 e. The van der Waals surface area contributed by atoms with Crippen molar-refractivity contribution in [2.45, 2.75) is 44.3 Å². The highest BCUT2D eigenvalue weighted by Gasteiger charge is 2.34. The molecule has 2 aliphatic heterocycles. The summed E-state index contributed by atoms with van der Waals surface area (Å²) in [6, 6.07) is 10.8. The first-order valence-electron chi connectivity index (χ1n) is 11.2. The van der Waals surface area contributed by atoms with Gasteiger partial charge in [-0.25, -0.2) is 0 Å². The molecule has 1 fully saturated rings. The summed E-state index contributed by atoms with van der Waals surface area (Å²) in [7, 11) is 1.66. The van der Waals surface area contributed by atoms with Crippen LogP contribution in [0.2, 0.25) is 0 Å². The van der Waals surface area contributed by atoms with Gasteiger partial charge < -0.3 is 14.5 Å². The van der Waals surface area contributed by atoms with Gasteiger partial charge >= 0.3 is 6.18 Å². The number of likely N-dealkylation sites (tertiary alicyclic amines) is 1. The van der Waals surface area contributed by atoms with Crippen LogP contribution in [-0.4, -0.2) is 49.0 Å². The lowest BCUT2D eigenvalue weighted by atomic mass is 9.90. The summed E-state index contributed by atoms with van der Waals surface area (Å²) >= 11 is 0. The highest BCUT2D eigenvalue weighted by molar-refractivity contribution is 5.85. The summed E-state index contributed by atoms with van der Waals surface area (Å²) in [5, 5.41) is 0. The van der Waals surface area contributed by atoms with Crippen molar-refractivity contribution in [3.05, 3.63) is 64.7 Å². The standard InChI is InChI=1S/C25H29F3N2O2.ClH/c1-32-23-7-5-6-20-21(23)12-15-30(22(20)17-29-13-3-2-4-14-29)24(31)16-18-8-10-19(11-9-18)25(26,27)28;/h5-11,22H,2-4,12-17H2,1H3;1H. The number of hydrogen-bond donors (Lipinski definition) is 0.